The van der Waals surface area contributed by atoms with E-state index in [9.17, 15) is 5.11 Å². The first-order valence-electron chi connectivity index (χ1n) is 7.13. The molecular formula is C13H22B2O5. The minimum absolute atomic E-state index is 0.0710. The van der Waals surface area contributed by atoms with E-state index < -0.39 is 12.1 Å². The summed E-state index contributed by atoms with van der Waals surface area (Å²) in [6, 6.07) is -0.404. The van der Waals surface area contributed by atoms with Crippen molar-refractivity contribution in [3.63, 3.8) is 0 Å². The molecule has 7 heteroatoms. The van der Waals surface area contributed by atoms with Gasteiger partial charge in [-0.2, -0.15) is 0 Å². The number of rotatable bonds is 7. The molecule has 6 atom stereocenters. The van der Waals surface area contributed by atoms with Crippen LogP contribution in [0.3, 0.4) is 0 Å². The summed E-state index contributed by atoms with van der Waals surface area (Å²) in [5.41, 5.74) is 0. The van der Waals surface area contributed by atoms with Crippen molar-refractivity contribution in [2.75, 3.05) is 27.1 Å². The van der Waals surface area contributed by atoms with E-state index in [1.807, 2.05) is 0 Å². The number of methoxy groups -OCH3 is 1. The van der Waals surface area contributed by atoms with Crippen LogP contribution in [0.4, 0.5) is 0 Å². The monoisotopic (exact) mass is 280 g/mol. The summed E-state index contributed by atoms with van der Waals surface area (Å²) in [6.45, 7) is 1.10. The Hall–Kier alpha value is -0.0701. The van der Waals surface area contributed by atoms with Gasteiger partial charge in [-0.25, -0.2) is 0 Å². The lowest BCUT2D eigenvalue weighted by Gasteiger charge is -2.20. The minimum atomic E-state index is -0.564. The van der Waals surface area contributed by atoms with Crippen LogP contribution in [0.15, 0.2) is 0 Å². The highest BCUT2D eigenvalue weighted by Crippen LogP contribution is 2.35. The lowest BCUT2D eigenvalue weighted by molar-refractivity contribution is -0.130. The second kappa shape index (κ2) is 7.80. The van der Waals surface area contributed by atoms with Gasteiger partial charge >= 0.3 is 0 Å². The maximum Gasteiger partial charge on any atom is 0.147 e. The fraction of sp³-hybridized carbons (Fsp3) is 1.00. The van der Waals surface area contributed by atoms with Gasteiger partial charge in [0.2, 0.25) is 0 Å². The summed E-state index contributed by atoms with van der Waals surface area (Å²) in [7, 11) is 13.2. The minimum Gasteiger partial charge on any atom is -0.390 e. The second-order valence-corrected chi connectivity index (χ2v) is 5.66. The summed E-state index contributed by atoms with van der Waals surface area (Å²) < 4.78 is 21.6. The fourth-order valence-electron chi connectivity index (χ4n) is 2.93. The molecule has 0 spiro atoms. The zero-order valence-electron chi connectivity index (χ0n) is 11.9. The van der Waals surface area contributed by atoms with E-state index in [0.29, 0.717) is 18.9 Å². The van der Waals surface area contributed by atoms with Crippen LogP contribution >= 0.6 is 0 Å². The maximum absolute atomic E-state index is 9.66. The third-order valence-electron chi connectivity index (χ3n) is 3.95. The van der Waals surface area contributed by atoms with Crippen LogP contribution in [0.5, 0.6) is 0 Å². The molecule has 2 fully saturated rings. The first-order valence-corrected chi connectivity index (χ1v) is 7.13. The molecule has 0 amide bonds. The van der Waals surface area contributed by atoms with E-state index in [-0.39, 0.29) is 31.4 Å². The molecule has 5 nitrogen and oxygen atoms in total. The zero-order chi connectivity index (χ0) is 14.5. The largest absolute Gasteiger partial charge is 0.390 e. The van der Waals surface area contributed by atoms with Gasteiger partial charge in [0, 0.05) is 19.0 Å². The highest BCUT2D eigenvalue weighted by Gasteiger charge is 2.33. The summed E-state index contributed by atoms with van der Waals surface area (Å²) in [6.07, 6.45) is 1.33. The van der Waals surface area contributed by atoms with Gasteiger partial charge in [0.05, 0.1) is 33.3 Å². The number of aliphatic hydroxyl groups excluding tert-OH is 1. The van der Waals surface area contributed by atoms with Gasteiger partial charge in [0.25, 0.3) is 0 Å². The summed E-state index contributed by atoms with van der Waals surface area (Å²) in [5.74, 6) is 0.485. The second-order valence-electron chi connectivity index (χ2n) is 5.66. The molecule has 20 heavy (non-hydrogen) atoms. The van der Waals surface area contributed by atoms with Crippen molar-refractivity contribution in [3.8, 4) is 0 Å². The van der Waals surface area contributed by atoms with E-state index in [0.717, 1.165) is 12.8 Å². The molecule has 2 aliphatic rings. The van der Waals surface area contributed by atoms with E-state index in [4.69, 9.17) is 34.6 Å². The highest BCUT2D eigenvalue weighted by atomic mass is 16.7. The molecule has 1 saturated carbocycles. The molecule has 1 aliphatic carbocycles. The molecule has 0 aromatic carbocycles. The Morgan fingerprint density at radius 1 is 1.20 bits per heavy atom. The van der Waals surface area contributed by atoms with Gasteiger partial charge < -0.3 is 24.1 Å². The van der Waals surface area contributed by atoms with E-state index in [1.54, 1.807) is 7.11 Å². The maximum atomic E-state index is 9.66. The Labute approximate surface area is 123 Å². The Balaban J connectivity index is 1.63. The normalized spacial score (nSPS) is 41.3. The first-order chi connectivity index (χ1) is 9.60. The first kappa shape index (κ1) is 16.3. The molecule has 2 rings (SSSR count). The molecule has 0 aromatic heterocycles. The van der Waals surface area contributed by atoms with Gasteiger partial charge in [0.15, 0.2) is 0 Å². The Kier molecular flexibility index (Phi) is 6.36. The summed E-state index contributed by atoms with van der Waals surface area (Å²) >= 11 is 0. The molecule has 0 aromatic rings. The average molecular weight is 280 g/mol. The van der Waals surface area contributed by atoms with Crippen LogP contribution in [-0.4, -0.2) is 72.2 Å². The van der Waals surface area contributed by atoms with Crippen molar-refractivity contribution < 1.29 is 24.1 Å². The third kappa shape index (κ3) is 4.46. The average Bonchev–Trinajstić information content (AvgIpc) is 2.88. The number of hydrogen-bond donors (Lipinski definition) is 1. The quantitative estimate of drug-likeness (QED) is 0.404. The van der Waals surface area contributed by atoms with Crippen molar-refractivity contribution in [1.82, 2.24) is 0 Å². The van der Waals surface area contributed by atoms with Crippen LogP contribution in [0.1, 0.15) is 19.3 Å². The number of ether oxygens (including phenoxy) is 4. The lowest BCUT2D eigenvalue weighted by atomic mass is 9.85. The molecule has 4 radical (unpaired) electrons. The van der Waals surface area contributed by atoms with Crippen LogP contribution in [0, 0.1) is 5.92 Å². The van der Waals surface area contributed by atoms with E-state index in [1.165, 1.54) is 0 Å². The number of hydrogen-bond acceptors (Lipinski definition) is 5. The van der Waals surface area contributed by atoms with Gasteiger partial charge in [-0.15, -0.1) is 0 Å². The van der Waals surface area contributed by atoms with Crippen LogP contribution in [0.2, 0.25) is 5.82 Å². The van der Waals surface area contributed by atoms with Gasteiger partial charge in [0.1, 0.15) is 20.7 Å². The molecule has 6 unspecified atom stereocenters. The van der Waals surface area contributed by atoms with E-state index in [2.05, 4.69) is 0 Å². The molecule has 1 aliphatic heterocycles. The smallest absolute Gasteiger partial charge is 0.147 e. The SMILES string of the molecule is [B]C1CC(COC)C(OCOCC2OC([B])CC2O)C1. The van der Waals surface area contributed by atoms with Crippen molar-refractivity contribution in [2.24, 2.45) is 5.92 Å². The molecule has 110 valence electrons. The lowest BCUT2D eigenvalue weighted by Crippen LogP contribution is -2.28. The third-order valence-corrected chi connectivity index (χ3v) is 3.95. The standard InChI is InChI=1S/C13H22B2O5/c1-17-5-8-2-9(14)3-11(8)19-7-18-6-12-10(16)4-13(15)20-12/h8-13,16H,2-7H2,1H3. The topological polar surface area (TPSA) is 57.2 Å². The Bertz CT molecular complexity index is 294. The highest BCUT2D eigenvalue weighted by molar-refractivity contribution is 6.11. The Morgan fingerprint density at radius 3 is 2.65 bits per heavy atom. The van der Waals surface area contributed by atoms with Crippen molar-refractivity contribution in [3.05, 3.63) is 0 Å². The van der Waals surface area contributed by atoms with Gasteiger partial charge in [-0.3, -0.25) is 0 Å². The predicted octanol–water partition coefficient (Wildman–Crippen LogP) is 0.00350. The predicted molar refractivity (Wildman–Crippen MR) is 74.8 cm³/mol. The molecule has 0 bridgehead atoms. The fourth-order valence-corrected chi connectivity index (χ4v) is 2.93. The molecular weight excluding hydrogens is 258 g/mol. The molecule has 1 heterocycles. The molecule has 1 N–H and O–H groups in total. The van der Waals surface area contributed by atoms with Crippen molar-refractivity contribution in [2.45, 2.75) is 49.4 Å². The Morgan fingerprint density at radius 2 is 2.00 bits per heavy atom. The van der Waals surface area contributed by atoms with Gasteiger partial charge in [-0.05, 0) is 12.8 Å². The molecule has 1 saturated heterocycles. The van der Waals surface area contributed by atoms with Crippen molar-refractivity contribution >= 4 is 15.7 Å². The van der Waals surface area contributed by atoms with E-state index >= 15 is 0 Å². The summed E-state index contributed by atoms with van der Waals surface area (Å²) in [5, 5.41) is 9.66. The van der Waals surface area contributed by atoms with Crippen LogP contribution in [-0.2, 0) is 18.9 Å². The summed E-state index contributed by atoms with van der Waals surface area (Å²) in [4.78, 5) is 0. The van der Waals surface area contributed by atoms with Crippen LogP contribution in [0.25, 0.3) is 0 Å². The van der Waals surface area contributed by atoms with Gasteiger partial charge in [-0.1, -0.05) is 12.2 Å². The van der Waals surface area contributed by atoms with Crippen LogP contribution < -0.4 is 0 Å². The zero-order valence-corrected chi connectivity index (χ0v) is 11.9. The number of aliphatic hydroxyl groups is 1. The van der Waals surface area contributed by atoms with Crippen molar-refractivity contribution in [1.29, 1.82) is 0 Å².